The van der Waals surface area contributed by atoms with Gasteiger partial charge in [0.15, 0.2) is 5.17 Å². The van der Waals surface area contributed by atoms with Crippen LogP contribution in [0, 0.1) is 5.82 Å². The highest BCUT2D eigenvalue weighted by Gasteiger charge is 2.17. The lowest BCUT2D eigenvalue weighted by atomic mass is 10.1. The van der Waals surface area contributed by atoms with Crippen molar-refractivity contribution in [2.45, 2.75) is 25.8 Å². The lowest BCUT2D eigenvalue weighted by molar-refractivity contribution is 0.609. The van der Waals surface area contributed by atoms with Crippen LogP contribution in [0.25, 0.3) is 0 Å². The highest BCUT2D eigenvalue weighted by molar-refractivity contribution is 8.14. The molecule has 1 aliphatic rings. The van der Waals surface area contributed by atoms with Gasteiger partial charge in [-0.2, -0.15) is 0 Å². The Morgan fingerprint density at radius 2 is 2.29 bits per heavy atom. The molecular formula is C13H17FN2S. The van der Waals surface area contributed by atoms with Crippen LogP contribution in [0.5, 0.6) is 0 Å². The van der Waals surface area contributed by atoms with E-state index in [0.717, 1.165) is 22.9 Å². The van der Waals surface area contributed by atoms with Gasteiger partial charge in [-0.15, -0.1) is 0 Å². The predicted octanol–water partition coefficient (Wildman–Crippen LogP) is 2.84. The monoisotopic (exact) mass is 252 g/mol. The van der Waals surface area contributed by atoms with Crippen molar-refractivity contribution in [3.05, 3.63) is 35.6 Å². The molecule has 0 spiro atoms. The van der Waals surface area contributed by atoms with E-state index >= 15 is 0 Å². The number of rotatable bonds is 4. The molecule has 1 saturated heterocycles. The molecule has 1 heterocycles. The first kappa shape index (κ1) is 12.4. The van der Waals surface area contributed by atoms with Crippen molar-refractivity contribution in [1.29, 1.82) is 0 Å². The third-order valence-electron chi connectivity index (χ3n) is 2.84. The van der Waals surface area contributed by atoms with Crippen LogP contribution in [-0.4, -0.2) is 23.5 Å². The SMILES string of the molecule is CCC1CSC(=NCCc2ccccc2F)N1. The van der Waals surface area contributed by atoms with Crippen molar-refractivity contribution in [2.24, 2.45) is 4.99 Å². The van der Waals surface area contributed by atoms with Crippen molar-refractivity contribution in [3.63, 3.8) is 0 Å². The summed E-state index contributed by atoms with van der Waals surface area (Å²) in [5, 5.41) is 4.37. The molecule has 0 radical (unpaired) electrons. The third kappa shape index (κ3) is 3.46. The maximum Gasteiger partial charge on any atom is 0.156 e. The normalized spacial score (nSPS) is 21.8. The molecule has 0 aliphatic carbocycles. The second kappa shape index (κ2) is 6.05. The highest BCUT2D eigenvalue weighted by Crippen LogP contribution is 2.16. The molecule has 1 atom stereocenters. The smallest absolute Gasteiger partial charge is 0.156 e. The molecule has 0 amide bonds. The summed E-state index contributed by atoms with van der Waals surface area (Å²) < 4.78 is 13.3. The van der Waals surface area contributed by atoms with E-state index in [1.54, 1.807) is 17.8 Å². The summed E-state index contributed by atoms with van der Waals surface area (Å²) in [5.74, 6) is 0.959. The van der Waals surface area contributed by atoms with Gasteiger partial charge in [0.2, 0.25) is 0 Å². The van der Waals surface area contributed by atoms with Gasteiger partial charge in [-0.25, -0.2) is 4.39 Å². The molecular weight excluding hydrogens is 235 g/mol. The van der Waals surface area contributed by atoms with Crippen molar-refractivity contribution in [1.82, 2.24) is 5.32 Å². The molecule has 92 valence electrons. The van der Waals surface area contributed by atoms with Gasteiger partial charge in [0.25, 0.3) is 0 Å². The van der Waals surface area contributed by atoms with Gasteiger partial charge in [0.05, 0.1) is 0 Å². The Morgan fingerprint density at radius 1 is 1.47 bits per heavy atom. The standard InChI is InChI=1S/C13H17FN2S/c1-2-11-9-17-13(16-11)15-8-7-10-5-3-4-6-12(10)14/h3-6,11H,2,7-9H2,1H3,(H,15,16). The molecule has 1 aliphatic heterocycles. The Balaban J connectivity index is 1.84. The van der Waals surface area contributed by atoms with Crippen LogP contribution in [0.15, 0.2) is 29.3 Å². The molecule has 2 rings (SSSR count). The highest BCUT2D eigenvalue weighted by atomic mass is 32.2. The summed E-state index contributed by atoms with van der Waals surface area (Å²) in [6, 6.07) is 7.44. The first-order valence-electron chi connectivity index (χ1n) is 5.96. The molecule has 1 N–H and O–H groups in total. The minimum Gasteiger partial charge on any atom is -0.361 e. The molecule has 0 bridgehead atoms. The third-order valence-corrected chi connectivity index (χ3v) is 3.93. The van der Waals surface area contributed by atoms with E-state index in [1.807, 2.05) is 12.1 Å². The zero-order chi connectivity index (χ0) is 12.1. The summed E-state index contributed by atoms with van der Waals surface area (Å²) in [7, 11) is 0. The van der Waals surface area contributed by atoms with Crippen LogP contribution in [0.4, 0.5) is 4.39 Å². The maximum atomic E-state index is 13.3. The first-order chi connectivity index (χ1) is 8.29. The van der Waals surface area contributed by atoms with Gasteiger partial charge < -0.3 is 5.32 Å². The van der Waals surface area contributed by atoms with Crippen LogP contribution < -0.4 is 5.32 Å². The second-order valence-corrected chi connectivity index (χ2v) is 5.10. The molecule has 1 fully saturated rings. The van der Waals surface area contributed by atoms with E-state index in [2.05, 4.69) is 17.2 Å². The zero-order valence-electron chi connectivity index (χ0n) is 9.95. The van der Waals surface area contributed by atoms with Crippen molar-refractivity contribution < 1.29 is 4.39 Å². The molecule has 4 heteroatoms. The number of halogens is 1. The van der Waals surface area contributed by atoms with Crippen molar-refractivity contribution in [2.75, 3.05) is 12.3 Å². The maximum absolute atomic E-state index is 13.3. The number of aliphatic imine (C=N–C) groups is 1. The zero-order valence-corrected chi connectivity index (χ0v) is 10.8. The molecule has 0 aromatic heterocycles. The van der Waals surface area contributed by atoms with Gasteiger partial charge in [-0.1, -0.05) is 36.9 Å². The Morgan fingerprint density at radius 3 is 3.00 bits per heavy atom. The summed E-state index contributed by atoms with van der Waals surface area (Å²) in [4.78, 5) is 4.46. The minimum atomic E-state index is -0.133. The van der Waals surface area contributed by atoms with E-state index < -0.39 is 0 Å². The number of hydrogen-bond acceptors (Lipinski definition) is 2. The summed E-state index contributed by atoms with van der Waals surface area (Å²) in [6.45, 7) is 2.81. The molecule has 0 saturated carbocycles. The number of nitrogens with one attached hydrogen (secondary N) is 1. The number of nitrogens with zero attached hydrogens (tertiary/aromatic N) is 1. The Hall–Kier alpha value is -1.03. The lowest BCUT2D eigenvalue weighted by Crippen LogP contribution is -2.26. The summed E-state index contributed by atoms with van der Waals surface area (Å²) >= 11 is 1.76. The van der Waals surface area contributed by atoms with Gasteiger partial charge in [-0.3, -0.25) is 4.99 Å². The van der Waals surface area contributed by atoms with E-state index in [-0.39, 0.29) is 5.82 Å². The molecule has 1 unspecified atom stereocenters. The van der Waals surface area contributed by atoms with Crippen LogP contribution in [-0.2, 0) is 6.42 Å². The quantitative estimate of drug-likeness (QED) is 0.891. The van der Waals surface area contributed by atoms with E-state index in [9.17, 15) is 4.39 Å². The average Bonchev–Trinajstić information content (AvgIpc) is 2.80. The van der Waals surface area contributed by atoms with Crippen LogP contribution in [0.1, 0.15) is 18.9 Å². The number of hydrogen-bond donors (Lipinski definition) is 1. The average molecular weight is 252 g/mol. The number of thioether (sulfide) groups is 1. The van der Waals surface area contributed by atoms with Gasteiger partial charge in [-0.05, 0) is 24.5 Å². The van der Waals surface area contributed by atoms with E-state index in [0.29, 0.717) is 19.0 Å². The van der Waals surface area contributed by atoms with E-state index in [1.165, 1.54) is 6.07 Å². The lowest BCUT2D eigenvalue weighted by Gasteiger charge is -2.05. The molecule has 17 heavy (non-hydrogen) atoms. The van der Waals surface area contributed by atoms with Crippen LogP contribution >= 0.6 is 11.8 Å². The van der Waals surface area contributed by atoms with Crippen LogP contribution in [0.2, 0.25) is 0 Å². The predicted molar refractivity (Wildman–Crippen MR) is 72.1 cm³/mol. The Labute approximate surface area is 106 Å². The number of benzene rings is 1. The van der Waals surface area contributed by atoms with Crippen LogP contribution in [0.3, 0.4) is 0 Å². The van der Waals surface area contributed by atoms with Gasteiger partial charge in [0, 0.05) is 18.3 Å². The second-order valence-electron chi connectivity index (χ2n) is 4.09. The Kier molecular flexibility index (Phi) is 4.42. The summed E-state index contributed by atoms with van der Waals surface area (Å²) in [6.07, 6.45) is 1.79. The topological polar surface area (TPSA) is 24.4 Å². The Bertz CT molecular complexity index is 406. The fraction of sp³-hybridized carbons (Fsp3) is 0.462. The van der Waals surface area contributed by atoms with Gasteiger partial charge >= 0.3 is 0 Å². The fourth-order valence-electron chi connectivity index (χ4n) is 1.73. The number of amidine groups is 1. The van der Waals surface area contributed by atoms with Crippen molar-refractivity contribution in [3.8, 4) is 0 Å². The molecule has 1 aromatic rings. The van der Waals surface area contributed by atoms with Crippen molar-refractivity contribution >= 4 is 16.9 Å². The first-order valence-corrected chi connectivity index (χ1v) is 6.95. The van der Waals surface area contributed by atoms with E-state index in [4.69, 9.17) is 0 Å². The largest absolute Gasteiger partial charge is 0.361 e. The van der Waals surface area contributed by atoms with Gasteiger partial charge in [0.1, 0.15) is 5.82 Å². The fourth-order valence-corrected chi connectivity index (χ4v) is 2.84. The minimum absolute atomic E-state index is 0.133. The summed E-state index contributed by atoms with van der Waals surface area (Å²) in [5.41, 5.74) is 0.742. The molecule has 2 nitrogen and oxygen atoms in total. The molecule has 1 aromatic carbocycles.